The number of rotatable bonds is 9. The van der Waals surface area contributed by atoms with Crippen LogP contribution in [0.4, 0.5) is 0 Å². The molecule has 0 amide bonds. The van der Waals surface area contributed by atoms with Crippen molar-refractivity contribution >= 4 is 42.9 Å². The molecule has 0 spiro atoms. The molecular weight excluding hydrogens is 400 g/mol. The van der Waals surface area contributed by atoms with Crippen LogP contribution in [-0.2, 0) is 20.2 Å². The zero-order valence-electron chi connectivity index (χ0n) is 12.1. The van der Waals surface area contributed by atoms with E-state index in [1.165, 1.54) is 22.7 Å². The standard InChI is InChI=1S/C12H14O8S4/c13-23(14,15)3-1-19-9-5-11(21-7-9)12-6-10(8-22-12)20-2-4-24(16,17)18/h5-8H,1-4H2,(H,13,14,15)(H,16,17,18). The first-order valence-corrected chi connectivity index (χ1v) is 11.4. The van der Waals surface area contributed by atoms with Crippen molar-refractivity contribution in [2.75, 3.05) is 24.7 Å². The Morgan fingerprint density at radius 3 is 1.50 bits per heavy atom. The van der Waals surface area contributed by atoms with Crippen LogP contribution in [0.25, 0.3) is 9.75 Å². The lowest BCUT2D eigenvalue weighted by molar-refractivity contribution is 0.336. The van der Waals surface area contributed by atoms with Gasteiger partial charge in [-0.15, -0.1) is 22.7 Å². The van der Waals surface area contributed by atoms with E-state index in [0.717, 1.165) is 9.75 Å². The van der Waals surface area contributed by atoms with Gasteiger partial charge in [0.2, 0.25) is 0 Å². The number of thiophene rings is 2. The van der Waals surface area contributed by atoms with Crippen molar-refractivity contribution < 1.29 is 35.4 Å². The van der Waals surface area contributed by atoms with Gasteiger partial charge in [0, 0.05) is 20.5 Å². The Balaban J connectivity index is 1.91. The molecule has 0 unspecified atom stereocenters. The van der Waals surface area contributed by atoms with E-state index in [2.05, 4.69) is 0 Å². The Hall–Kier alpha value is -1.18. The van der Waals surface area contributed by atoms with E-state index < -0.39 is 31.7 Å². The maximum Gasteiger partial charge on any atom is 0.268 e. The number of hydrogen-bond donors (Lipinski definition) is 2. The molecule has 2 N–H and O–H groups in total. The molecule has 134 valence electrons. The average Bonchev–Trinajstić information content (AvgIpc) is 3.04. The Morgan fingerprint density at radius 2 is 1.17 bits per heavy atom. The van der Waals surface area contributed by atoms with Gasteiger partial charge in [-0.2, -0.15) is 16.8 Å². The molecule has 0 radical (unpaired) electrons. The molecule has 12 heteroatoms. The van der Waals surface area contributed by atoms with Gasteiger partial charge in [0.25, 0.3) is 20.2 Å². The molecule has 0 aliphatic carbocycles. The van der Waals surface area contributed by atoms with Gasteiger partial charge < -0.3 is 9.47 Å². The second kappa shape index (κ2) is 7.80. The molecule has 2 rings (SSSR count). The summed E-state index contributed by atoms with van der Waals surface area (Å²) in [6.45, 7) is -0.299. The van der Waals surface area contributed by atoms with Crippen LogP contribution in [0.2, 0.25) is 0 Å². The van der Waals surface area contributed by atoms with Crippen LogP contribution >= 0.6 is 22.7 Å². The quantitative estimate of drug-likeness (QED) is 0.597. The van der Waals surface area contributed by atoms with Gasteiger partial charge >= 0.3 is 0 Å². The van der Waals surface area contributed by atoms with Crippen molar-refractivity contribution in [2.24, 2.45) is 0 Å². The van der Waals surface area contributed by atoms with Gasteiger partial charge in [0.15, 0.2) is 0 Å². The maximum atomic E-state index is 10.6. The fourth-order valence-corrected chi connectivity index (χ4v) is 3.93. The normalized spacial score (nSPS) is 12.2. The lowest BCUT2D eigenvalue weighted by Gasteiger charge is -2.01. The summed E-state index contributed by atoms with van der Waals surface area (Å²) >= 11 is 2.77. The Kier molecular flexibility index (Phi) is 6.22. The summed E-state index contributed by atoms with van der Waals surface area (Å²) in [5.41, 5.74) is 0. The summed E-state index contributed by atoms with van der Waals surface area (Å²) in [5.74, 6) is 0.00748. The third-order valence-corrected chi connectivity index (χ3v) is 5.99. The molecule has 0 bridgehead atoms. The van der Waals surface area contributed by atoms with Gasteiger partial charge in [-0.25, -0.2) is 0 Å². The van der Waals surface area contributed by atoms with E-state index in [4.69, 9.17) is 18.6 Å². The summed E-state index contributed by atoms with van der Waals surface area (Å²) < 4.78 is 70.2. The monoisotopic (exact) mass is 414 g/mol. The van der Waals surface area contributed by atoms with Crippen LogP contribution in [0.15, 0.2) is 22.9 Å². The van der Waals surface area contributed by atoms with E-state index in [-0.39, 0.29) is 13.2 Å². The average molecular weight is 415 g/mol. The van der Waals surface area contributed by atoms with Gasteiger partial charge in [-0.3, -0.25) is 9.11 Å². The van der Waals surface area contributed by atoms with E-state index in [1.54, 1.807) is 22.9 Å². The molecule has 0 aliphatic heterocycles. The molecule has 24 heavy (non-hydrogen) atoms. The summed E-state index contributed by atoms with van der Waals surface area (Å²) in [6.07, 6.45) is 0. The first-order valence-electron chi connectivity index (χ1n) is 6.46. The number of ether oxygens (including phenoxy) is 2. The fraction of sp³-hybridized carbons (Fsp3) is 0.333. The predicted molar refractivity (Wildman–Crippen MR) is 91.5 cm³/mol. The highest BCUT2D eigenvalue weighted by Crippen LogP contribution is 2.37. The minimum atomic E-state index is -4.05. The molecule has 2 aromatic heterocycles. The smallest absolute Gasteiger partial charge is 0.268 e. The van der Waals surface area contributed by atoms with Crippen LogP contribution in [0.1, 0.15) is 0 Å². The third kappa shape index (κ3) is 6.75. The Morgan fingerprint density at radius 1 is 0.792 bits per heavy atom. The third-order valence-electron chi connectivity index (χ3n) is 2.61. The van der Waals surface area contributed by atoms with Crippen LogP contribution in [0.5, 0.6) is 11.5 Å². The molecule has 0 fully saturated rings. The van der Waals surface area contributed by atoms with Gasteiger partial charge in [0.05, 0.1) is 0 Å². The Labute approximate surface area is 147 Å². The highest BCUT2D eigenvalue weighted by molar-refractivity contribution is 7.86. The molecule has 0 aromatic carbocycles. The predicted octanol–water partition coefficient (Wildman–Crippen LogP) is 2.01. The number of hydrogen-bond acceptors (Lipinski definition) is 8. The zero-order valence-corrected chi connectivity index (χ0v) is 15.4. The summed E-state index contributed by atoms with van der Waals surface area (Å²) in [7, 11) is -8.10. The van der Waals surface area contributed by atoms with E-state index in [1.807, 2.05) is 0 Å². The fourth-order valence-electron chi connectivity index (χ4n) is 1.58. The minimum absolute atomic E-state index is 0.149. The van der Waals surface area contributed by atoms with E-state index in [9.17, 15) is 16.8 Å². The maximum absolute atomic E-state index is 10.6. The topological polar surface area (TPSA) is 127 Å². The van der Waals surface area contributed by atoms with Gasteiger partial charge in [0.1, 0.15) is 36.2 Å². The molecule has 8 nitrogen and oxygen atoms in total. The van der Waals surface area contributed by atoms with Crippen molar-refractivity contribution in [2.45, 2.75) is 0 Å². The molecule has 0 saturated carbocycles. The molecule has 0 atom stereocenters. The van der Waals surface area contributed by atoms with Crippen molar-refractivity contribution in [1.82, 2.24) is 0 Å². The van der Waals surface area contributed by atoms with E-state index in [0.29, 0.717) is 11.5 Å². The molecular formula is C12H14O8S4. The van der Waals surface area contributed by atoms with Crippen LogP contribution < -0.4 is 9.47 Å². The summed E-state index contributed by atoms with van der Waals surface area (Å²) in [6, 6.07) is 3.45. The van der Waals surface area contributed by atoms with E-state index >= 15 is 0 Å². The highest BCUT2D eigenvalue weighted by atomic mass is 32.2. The molecule has 2 heterocycles. The lowest BCUT2D eigenvalue weighted by atomic mass is 10.3. The molecule has 0 saturated heterocycles. The van der Waals surface area contributed by atoms with Crippen LogP contribution in [-0.4, -0.2) is 50.7 Å². The van der Waals surface area contributed by atoms with Gasteiger partial charge in [-0.05, 0) is 12.1 Å². The summed E-state index contributed by atoms with van der Waals surface area (Å²) in [4.78, 5) is 1.73. The van der Waals surface area contributed by atoms with Gasteiger partial charge in [-0.1, -0.05) is 0 Å². The largest absolute Gasteiger partial charge is 0.492 e. The van der Waals surface area contributed by atoms with Crippen LogP contribution in [0.3, 0.4) is 0 Å². The minimum Gasteiger partial charge on any atom is -0.492 e. The van der Waals surface area contributed by atoms with Crippen molar-refractivity contribution in [3.8, 4) is 21.3 Å². The van der Waals surface area contributed by atoms with Crippen LogP contribution in [0, 0.1) is 0 Å². The first kappa shape index (κ1) is 19.1. The first-order chi connectivity index (χ1) is 11.1. The molecule has 0 aliphatic rings. The zero-order chi connectivity index (χ0) is 17.8. The van der Waals surface area contributed by atoms with Crippen molar-refractivity contribution in [3.63, 3.8) is 0 Å². The second-order valence-electron chi connectivity index (χ2n) is 4.56. The van der Waals surface area contributed by atoms with Crippen molar-refractivity contribution in [3.05, 3.63) is 22.9 Å². The highest BCUT2D eigenvalue weighted by Gasteiger charge is 2.10. The Bertz CT molecular complexity index is 804. The lowest BCUT2D eigenvalue weighted by Crippen LogP contribution is -2.12. The SMILES string of the molecule is O=S(=O)(O)CCOc1csc(-c2cc(OCCS(=O)(=O)O)cs2)c1. The second-order valence-corrected chi connectivity index (χ2v) is 9.53. The summed E-state index contributed by atoms with van der Waals surface area (Å²) in [5, 5.41) is 3.41. The van der Waals surface area contributed by atoms with Crippen molar-refractivity contribution in [1.29, 1.82) is 0 Å². The molecule has 2 aromatic rings.